The number of carboxylic acids is 1. The number of esters is 1. The largest absolute Gasteiger partial charge is 0.478 e. The van der Waals surface area contributed by atoms with Crippen molar-refractivity contribution < 1.29 is 28.6 Å². The van der Waals surface area contributed by atoms with Gasteiger partial charge in [-0.1, -0.05) is 45.9 Å². The molecule has 0 spiro atoms. The first-order valence-corrected chi connectivity index (χ1v) is 15.8. The van der Waals surface area contributed by atoms with Crippen molar-refractivity contribution in [2.45, 2.75) is 98.0 Å². The molecule has 0 heterocycles. The highest BCUT2D eigenvalue weighted by molar-refractivity contribution is 6.71. The Morgan fingerprint density at radius 3 is 2.31 bits per heavy atom. The normalized spacial score (nSPS) is 14.9. The third kappa shape index (κ3) is 8.91. The predicted molar refractivity (Wildman–Crippen MR) is 146 cm³/mol. The molecule has 1 unspecified atom stereocenters. The maximum Gasteiger partial charge on any atom is 0.335 e. The molecular weight excluding hydrogens is 474 g/mol. The van der Waals surface area contributed by atoms with Crippen LogP contribution in [0.25, 0.3) is 10.8 Å². The minimum Gasteiger partial charge on any atom is -0.478 e. The van der Waals surface area contributed by atoms with Crippen molar-refractivity contribution in [2.24, 2.45) is 5.92 Å². The van der Waals surface area contributed by atoms with Crippen molar-refractivity contribution in [1.82, 2.24) is 5.32 Å². The Morgan fingerprint density at radius 1 is 1.08 bits per heavy atom. The smallest absolute Gasteiger partial charge is 0.335 e. The van der Waals surface area contributed by atoms with E-state index in [1.54, 1.807) is 18.2 Å². The average Bonchev–Trinajstić information content (AvgIpc) is 2.74. The molecule has 0 saturated carbocycles. The first-order chi connectivity index (χ1) is 16.6. The van der Waals surface area contributed by atoms with E-state index in [1.165, 1.54) is 0 Å². The molecule has 2 aromatic carbocycles. The molecule has 2 rings (SSSR count). The number of carbonyl (C=O) groups excluding carboxylic acids is 1. The Balaban J connectivity index is 2.19. The summed E-state index contributed by atoms with van der Waals surface area (Å²) in [6.45, 7) is 18.0. The van der Waals surface area contributed by atoms with E-state index in [-0.39, 0.29) is 23.5 Å². The van der Waals surface area contributed by atoms with Crippen LogP contribution in [0, 0.1) is 5.92 Å². The van der Waals surface area contributed by atoms with Gasteiger partial charge < -0.3 is 24.3 Å². The highest BCUT2D eigenvalue weighted by atomic mass is 28.4. The van der Waals surface area contributed by atoms with Crippen LogP contribution >= 0.6 is 0 Å². The third-order valence-corrected chi connectivity index (χ3v) is 8.22. The number of nitrogens with one attached hydrogen (secondary N) is 1. The second-order valence-electron chi connectivity index (χ2n) is 11.3. The lowest BCUT2D eigenvalue weighted by Gasteiger charge is -2.35. The van der Waals surface area contributed by atoms with Crippen molar-refractivity contribution in [3.63, 3.8) is 0 Å². The van der Waals surface area contributed by atoms with Crippen LogP contribution in [-0.2, 0) is 14.0 Å². The van der Waals surface area contributed by atoms with Crippen LogP contribution in [-0.4, -0.2) is 49.3 Å². The zero-order valence-electron chi connectivity index (χ0n) is 23.2. The van der Waals surface area contributed by atoms with Crippen LogP contribution in [0.1, 0.15) is 65.2 Å². The number of aromatic carboxylic acids is 1. The molecule has 0 aliphatic rings. The van der Waals surface area contributed by atoms with Gasteiger partial charge >= 0.3 is 11.9 Å². The standard InChI is InChI=1S/C28H43NO6Si/c1-10-24(33-23-13-11-12-20-14-15-21(26(30)31)16-22(20)23)35-36(8,9)17-19(4)25(29-18(2)3)27(32)34-28(5,6)7/h11-16,18-19,24-25,29H,10,17H2,1-9H3,(H,30,31)/t19-,24?,25+/m0/s1. The number of fused-ring (bicyclic) bond motifs is 1. The fourth-order valence-corrected chi connectivity index (χ4v) is 7.11. The number of carbonyl (C=O) groups is 2. The van der Waals surface area contributed by atoms with Gasteiger partial charge in [-0.25, -0.2) is 4.79 Å². The fraction of sp³-hybridized carbons (Fsp3) is 0.571. The minimum atomic E-state index is -2.29. The molecule has 0 bridgehead atoms. The summed E-state index contributed by atoms with van der Waals surface area (Å²) in [7, 11) is -2.29. The molecular formula is C28H43NO6Si. The van der Waals surface area contributed by atoms with Gasteiger partial charge in [0.15, 0.2) is 14.6 Å². The molecule has 2 aromatic rings. The number of ether oxygens (including phenoxy) is 2. The van der Waals surface area contributed by atoms with Gasteiger partial charge in [-0.15, -0.1) is 0 Å². The van der Waals surface area contributed by atoms with Crippen LogP contribution in [0.3, 0.4) is 0 Å². The van der Waals surface area contributed by atoms with Gasteiger partial charge in [0.2, 0.25) is 0 Å². The summed E-state index contributed by atoms with van der Waals surface area (Å²) >= 11 is 0. The minimum absolute atomic E-state index is 0.00268. The van der Waals surface area contributed by atoms with Crippen molar-refractivity contribution in [2.75, 3.05) is 0 Å². The topological polar surface area (TPSA) is 94.1 Å². The first kappa shape index (κ1) is 29.8. The van der Waals surface area contributed by atoms with Gasteiger partial charge in [0.05, 0.1) is 5.56 Å². The number of hydrogen-bond acceptors (Lipinski definition) is 6. The van der Waals surface area contributed by atoms with Gasteiger partial charge in [-0.05, 0) is 69.4 Å². The van der Waals surface area contributed by atoms with Gasteiger partial charge in [0.25, 0.3) is 0 Å². The quantitative estimate of drug-likeness (QED) is 0.196. The number of rotatable bonds is 12. The summed E-state index contributed by atoms with van der Waals surface area (Å²) in [6, 6.07) is 11.1. The number of benzene rings is 2. The van der Waals surface area contributed by atoms with E-state index in [0.29, 0.717) is 12.2 Å². The lowest BCUT2D eigenvalue weighted by Crippen LogP contribution is -2.50. The Hall–Kier alpha value is -2.42. The monoisotopic (exact) mass is 517 g/mol. The second kappa shape index (κ2) is 12.2. The summed E-state index contributed by atoms with van der Waals surface area (Å²) < 4.78 is 18.5. The van der Waals surface area contributed by atoms with Crippen LogP contribution in [0.5, 0.6) is 5.75 Å². The summed E-state index contributed by atoms with van der Waals surface area (Å²) in [6.07, 6.45) is 0.135. The molecule has 200 valence electrons. The summed E-state index contributed by atoms with van der Waals surface area (Å²) in [5.41, 5.74) is -0.348. The number of hydrogen-bond donors (Lipinski definition) is 2. The Labute approximate surface area is 216 Å². The van der Waals surface area contributed by atoms with Crippen molar-refractivity contribution >= 4 is 31.0 Å². The second-order valence-corrected chi connectivity index (χ2v) is 15.5. The van der Waals surface area contributed by atoms with Crippen LogP contribution in [0.4, 0.5) is 0 Å². The third-order valence-electron chi connectivity index (χ3n) is 5.69. The van der Waals surface area contributed by atoms with E-state index >= 15 is 0 Å². The predicted octanol–water partition coefficient (Wildman–Crippen LogP) is 6.22. The summed E-state index contributed by atoms with van der Waals surface area (Å²) in [5.74, 6) is -0.639. The molecule has 36 heavy (non-hydrogen) atoms. The molecule has 2 N–H and O–H groups in total. The molecule has 0 aliphatic heterocycles. The molecule has 3 atom stereocenters. The zero-order valence-corrected chi connectivity index (χ0v) is 24.2. The molecule has 0 radical (unpaired) electrons. The zero-order chi connectivity index (χ0) is 27.3. The van der Waals surface area contributed by atoms with E-state index < -0.39 is 32.2 Å². The Morgan fingerprint density at radius 2 is 1.75 bits per heavy atom. The van der Waals surface area contributed by atoms with Crippen molar-refractivity contribution in [3.8, 4) is 5.75 Å². The molecule has 7 nitrogen and oxygen atoms in total. The summed E-state index contributed by atoms with van der Waals surface area (Å²) in [4.78, 5) is 24.4. The number of carboxylic acid groups (broad SMARTS) is 1. The van der Waals surface area contributed by atoms with E-state index in [2.05, 4.69) is 25.3 Å². The molecule has 8 heteroatoms. The first-order valence-electron chi connectivity index (χ1n) is 12.7. The maximum absolute atomic E-state index is 13.0. The van der Waals surface area contributed by atoms with Crippen molar-refractivity contribution in [3.05, 3.63) is 42.0 Å². The average molecular weight is 518 g/mol. The molecule has 0 saturated heterocycles. The van der Waals surface area contributed by atoms with Crippen molar-refractivity contribution in [1.29, 1.82) is 0 Å². The van der Waals surface area contributed by atoms with Crippen LogP contribution in [0.15, 0.2) is 36.4 Å². The molecule has 0 amide bonds. The molecule has 0 fully saturated rings. The SMILES string of the molecule is CCC(Oc1cccc2ccc(C(=O)O)cc12)O[Si](C)(C)C[C@H](C)[C@@H](NC(C)C)C(=O)OC(C)(C)C. The fourth-order valence-electron chi connectivity index (χ4n) is 4.30. The lowest BCUT2D eigenvalue weighted by molar-refractivity contribution is -0.159. The van der Waals surface area contributed by atoms with Gasteiger partial charge in [-0.3, -0.25) is 4.79 Å². The van der Waals surface area contributed by atoms with Gasteiger partial charge in [0, 0.05) is 17.8 Å². The lowest BCUT2D eigenvalue weighted by atomic mass is 10.0. The van der Waals surface area contributed by atoms with Gasteiger partial charge in [-0.2, -0.15) is 0 Å². The maximum atomic E-state index is 13.0. The van der Waals surface area contributed by atoms with E-state index in [4.69, 9.17) is 13.9 Å². The molecule has 0 aliphatic carbocycles. The van der Waals surface area contributed by atoms with Gasteiger partial charge in [0.1, 0.15) is 17.4 Å². The van der Waals surface area contributed by atoms with E-state index in [9.17, 15) is 14.7 Å². The van der Waals surface area contributed by atoms with E-state index in [1.807, 2.05) is 59.7 Å². The Bertz CT molecular complexity index is 1050. The van der Waals surface area contributed by atoms with Crippen LogP contribution < -0.4 is 10.1 Å². The van der Waals surface area contributed by atoms with Crippen LogP contribution in [0.2, 0.25) is 19.1 Å². The van der Waals surface area contributed by atoms with E-state index in [0.717, 1.165) is 16.8 Å². The highest BCUT2D eigenvalue weighted by Crippen LogP contribution is 2.30. The molecule has 0 aromatic heterocycles. The Kier molecular flexibility index (Phi) is 10.1. The highest BCUT2D eigenvalue weighted by Gasteiger charge is 2.36. The summed E-state index contributed by atoms with van der Waals surface area (Å²) in [5, 5.41) is 14.4.